The van der Waals surface area contributed by atoms with Gasteiger partial charge in [0, 0.05) is 11.1 Å². The molecule has 4 N–H and O–H groups in total. The highest BCUT2D eigenvalue weighted by Crippen LogP contribution is 2.40. The molecule has 0 aliphatic heterocycles. The first-order valence-corrected chi connectivity index (χ1v) is 7.94. The third kappa shape index (κ3) is 3.61. The summed E-state index contributed by atoms with van der Waals surface area (Å²) in [6, 6.07) is 10.2. The van der Waals surface area contributed by atoms with Gasteiger partial charge in [0.15, 0.2) is 11.4 Å². The van der Waals surface area contributed by atoms with E-state index in [2.05, 4.69) is 25.7 Å². The number of aromatic nitrogens is 3. The molecule has 8 nitrogen and oxygen atoms in total. The first-order chi connectivity index (χ1) is 12.5. The quantitative estimate of drug-likeness (QED) is 0.400. The second-order valence-corrected chi connectivity index (χ2v) is 5.83. The van der Waals surface area contributed by atoms with E-state index in [4.69, 9.17) is 23.2 Å². The number of nitrogens with one attached hydrogen (secondary N) is 2. The van der Waals surface area contributed by atoms with E-state index in [0.29, 0.717) is 5.56 Å². The van der Waals surface area contributed by atoms with E-state index in [1.165, 1.54) is 12.3 Å². The Labute approximate surface area is 156 Å². The van der Waals surface area contributed by atoms with Gasteiger partial charge in [-0.15, -0.1) is 10.2 Å². The number of nitrogens with zero attached hydrogens (tertiary/aromatic N) is 3. The van der Waals surface area contributed by atoms with Crippen molar-refractivity contribution in [1.82, 2.24) is 15.2 Å². The molecular formula is C16H11Cl2N5O3. The van der Waals surface area contributed by atoms with E-state index < -0.39 is 17.1 Å². The first-order valence-electron chi connectivity index (χ1n) is 7.19. The molecule has 0 saturated heterocycles. The van der Waals surface area contributed by atoms with Gasteiger partial charge in [0.05, 0.1) is 11.2 Å². The highest BCUT2D eigenvalue weighted by molar-refractivity contribution is 6.38. The lowest BCUT2D eigenvalue weighted by atomic mass is 10.2. The van der Waals surface area contributed by atoms with Gasteiger partial charge in [0.2, 0.25) is 5.95 Å². The predicted molar refractivity (Wildman–Crippen MR) is 99.1 cm³/mol. The fourth-order valence-electron chi connectivity index (χ4n) is 2.05. The van der Waals surface area contributed by atoms with Gasteiger partial charge in [0.1, 0.15) is 10.8 Å². The van der Waals surface area contributed by atoms with Crippen LogP contribution in [0, 0.1) is 0 Å². The van der Waals surface area contributed by atoms with Crippen LogP contribution >= 0.6 is 23.2 Å². The van der Waals surface area contributed by atoms with Crippen LogP contribution in [-0.4, -0.2) is 31.6 Å². The zero-order chi connectivity index (χ0) is 18.7. The third-order valence-corrected chi connectivity index (χ3v) is 3.96. The van der Waals surface area contributed by atoms with Crippen molar-refractivity contribution in [2.75, 3.05) is 5.43 Å². The second-order valence-electron chi connectivity index (χ2n) is 5.05. The minimum atomic E-state index is -0.442. The Hall–Kier alpha value is -3.10. The van der Waals surface area contributed by atoms with Crippen molar-refractivity contribution in [2.45, 2.75) is 0 Å². The summed E-state index contributed by atoms with van der Waals surface area (Å²) in [6.07, 6.45) is 1.19. The Balaban J connectivity index is 1.80. The Morgan fingerprint density at radius 2 is 1.85 bits per heavy atom. The van der Waals surface area contributed by atoms with Gasteiger partial charge in [0.25, 0.3) is 5.56 Å². The van der Waals surface area contributed by atoms with Crippen LogP contribution in [0.25, 0.3) is 11.3 Å². The molecule has 0 amide bonds. The van der Waals surface area contributed by atoms with Crippen molar-refractivity contribution in [3.05, 3.63) is 62.4 Å². The lowest BCUT2D eigenvalue weighted by Crippen LogP contribution is -2.15. The average molecular weight is 392 g/mol. The smallest absolute Gasteiger partial charge is 0.279 e. The van der Waals surface area contributed by atoms with Crippen LogP contribution in [0.15, 0.2) is 46.3 Å². The molecule has 0 unspecified atom stereocenters. The van der Waals surface area contributed by atoms with Gasteiger partial charge < -0.3 is 10.2 Å². The van der Waals surface area contributed by atoms with Gasteiger partial charge in [-0.25, -0.2) is 5.43 Å². The fourth-order valence-corrected chi connectivity index (χ4v) is 2.52. The number of aromatic hydroxyl groups is 2. The lowest BCUT2D eigenvalue weighted by Gasteiger charge is -2.05. The molecule has 0 spiro atoms. The normalized spacial score (nSPS) is 11.0. The monoisotopic (exact) mass is 391 g/mol. The molecular weight excluding hydrogens is 381 g/mol. The molecule has 2 aromatic carbocycles. The molecule has 3 rings (SSSR count). The predicted octanol–water partition coefficient (Wildman–Crippen LogP) is 3.00. The number of hydrogen-bond donors (Lipinski definition) is 4. The van der Waals surface area contributed by atoms with Gasteiger partial charge in [-0.1, -0.05) is 53.5 Å². The molecule has 10 heteroatoms. The zero-order valence-corrected chi connectivity index (χ0v) is 14.5. The van der Waals surface area contributed by atoms with Gasteiger partial charge in [-0.05, 0) is 6.07 Å². The van der Waals surface area contributed by atoms with Gasteiger partial charge in [-0.3, -0.25) is 9.78 Å². The second kappa shape index (κ2) is 7.42. The summed E-state index contributed by atoms with van der Waals surface area (Å²) < 4.78 is 0. The summed E-state index contributed by atoms with van der Waals surface area (Å²) >= 11 is 11.5. The van der Waals surface area contributed by atoms with E-state index >= 15 is 0 Å². The first kappa shape index (κ1) is 17.7. The molecule has 0 atom stereocenters. The van der Waals surface area contributed by atoms with Gasteiger partial charge >= 0.3 is 0 Å². The van der Waals surface area contributed by atoms with Crippen molar-refractivity contribution in [2.24, 2.45) is 5.10 Å². The molecule has 26 heavy (non-hydrogen) atoms. The molecule has 1 heterocycles. The Morgan fingerprint density at radius 3 is 2.54 bits per heavy atom. The molecule has 0 aliphatic rings. The van der Waals surface area contributed by atoms with E-state index in [-0.39, 0.29) is 27.3 Å². The molecule has 0 radical (unpaired) electrons. The van der Waals surface area contributed by atoms with Crippen molar-refractivity contribution in [1.29, 1.82) is 0 Å². The number of H-pyrrole nitrogens is 1. The highest BCUT2D eigenvalue weighted by atomic mass is 35.5. The Morgan fingerprint density at radius 1 is 1.12 bits per heavy atom. The summed E-state index contributed by atoms with van der Waals surface area (Å²) in [5.74, 6) is -0.817. The molecule has 0 bridgehead atoms. The molecule has 0 fully saturated rings. The van der Waals surface area contributed by atoms with Crippen molar-refractivity contribution in [3.63, 3.8) is 0 Å². The number of phenols is 2. The van der Waals surface area contributed by atoms with Crippen LogP contribution in [0.2, 0.25) is 10.0 Å². The summed E-state index contributed by atoms with van der Waals surface area (Å²) in [7, 11) is 0. The van der Waals surface area contributed by atoms with Crippen LogP contribution in [0.3, 0.4) is 0 Å². The number of benzene rings is 2. The maximum Gasteiger partial charge on any atom is 0.279 e. The van der Waals surface area contributed by atoms with Crippen LogP contribution in [-0.2, 0) is 0 Å². The highest BCUT2D eigenvalue weighted by Gasteiger charge is 2.13. The Bertz CT molecular complexity index is 1040. The summed E-state index contributed by atoms with van der Waals surface area (Å²) in [4.78, 5) is 14.6. The largest absolute Gasteiger partial charge is 0.506 e. The Kier molecular flexibility index (Phi) is 5.06. The summed E-state index contributed by atoms with van der Waals surface area (Å²) in [5.41, 5.74) is 3.00. The standard InChI is InChI=1S/C16H11Cl2N5O3/c17-10-6-9(13(24)11(18)14(10)25)7-19-22-16-20-15(26)12(21-23-16)8-4-2-1-3-5-8/h1-7,24-25H,(H2,20,22,23,26)/b19-7+. The van der Waals surface area contributed by atoms with Crippen LogP contribution < -0.4 is 11.0 Å². The van der Waals surface area contributed by atoms with Crippen molar-refractivity contribution < 1.29 is 10.2 Å². The minimum absolute atomic E-state index is 0.00129. The van der Waals surface area contributed by atoms with E-state index in [9.17, 15) is 15.0 Å². The molecule has 0 aliphatic carbocycles. The summed E-state index contributed by atoms with van der Waals surface area (Å²) in [6.45, 7) is 0. The number of aromatic amines is 1. The van der Waals surface area contributed by atoms with Crippen molar-refractivity contribution in [3.8, 4) is 22.8 Å². The molecule has 0 saturated carbocycles. The van der Waals surface area contributed by atoms with Crippen molar-refractivity contribution >= 4 is 35.4 Å². The summed E-state index contributed by atoms with van der Waals surface area (Å²) in [5, 5.41) is 30.6. The third-order valence-electron chi connectivity index (χ3n) is 3.32. The van der Waals surface area contributed by atoms with Crippen LogP contribution in [0.5, 0.6) is 11.5 Å². The number of phenolic OH excluding ortho intramolecular Hbond substituents is 2. The minimum Gasteiger partial charge on any atom is -0.506 e. The van der Waals surface area contributed by atoms with E-state index in [1.807, 2.05) is 6.07 Å². The topological polar surface area (TPSA) is 123 Å². The van der Waals surface area contributed by atoms with E-state index in [0.717, 1.165) is 0 Å². The number of hydrazone groups is 1. The van der Waals surface area contributed by atoms with Crippen LogP contribution in [0.1, 0.15) is 5.56 Å². The fraction of sp³-hybridized carbons (Fsp3) is 0. The number of halogens is 2. The number of hydrogen-bond acceptors (Lipinski definition) is 7. The average Bonchev–Trinajstić information content (AvgIpc) is 2.65. The maximum atomic E-state index is 12.1. The molecule has 1 aromatic heterocycles. The van der Waals surface area contributed by atoms with Crippen LogP contribution in [0.4, 0.5) is 5.95 Å². The van der Waals surface area contributed by atoms with E-state index in [1.54, 1.807) is 24.3 Å². The molecule has 3 aromatic rings. The number of anilines is 1. The maximum absolute atomic E-state index is 12.1. The SMILES string of the molecule is O=c1[nH]c(N/N=C/c2cc(Cl)c(O)c(Cl)c2O)nnc1-c1ccccc1. The van der Waals surface area contributed by atoms with Gasteiger partial charge in [-0.2, -0.15) is 5.10 Å². The lowest BCUT2D eigenvalue weighted by molar-refractivity contribution is 0.450. The molecule has 132 valence electrons. The number of rotatable bonds is 4. The zero-order valence-electron chi connectivity index (χ0n) is 12.9.